The summed E-state index contributed by atoms with van der Waals surface area (Å²) < 4.78 is 10.8. The lowest BCUT2D eigenvalue weighted by Crippen LogP contribution is -2.44. The second-order valence-corrected chi connectivity index (χ2v) is 8.21. The van der Waals surface area contributed by atoms with E-state index in [0.717, 1.165) is 43.2 Å². The molecule has 0 aliphatic carbocycles. The molecule has 1 aromatic rings. The van der Waals surface area contributed by atoms with Crippen LogP contribution in [0.5, 0.6) is 0 Å². The summed E-state index contributed by atoms with van der Waals surface area (Å²) in [5, 5.41) is 10.5. The van der Waals surface area contributed by atoms with Crippen LogP contribution in [0, 0.1) is 0 Å². The summed E-state index contributed by atoms with van der Waals surface area (Å²) in [7, 11) is 1.76. The van der Waals surface area contributed by atoms with Crippen molar-refractivity contribution in [3.8, 4) is 0 Å². The molecule has 0 spiro atoms. The van der Waals surface area contributed by atoms with Gasteiger partial charge >= 0.3 is 6.09 Å². The summed E-state index contributed by atoms with van der Waals surface area (Å²) in [6.07, 6.45) is 2.58. The number of aliphatic imine (C=N–C) groups is 1. The van der Waals surface area contributed by atoms with E-state index in [2.05, 4.69) is 39.5 Å². The largest absolute Gasteiger partial charge is 0.444 e. The monoisotopic (exact) mass is 521 g/mol. The smallest absolute Gasteiger partial charge is 0.407 e. The Balaban J connectivity index is 0.00000420. The Morgan fingerprint density at radius 3 is 2.69 bits per heavy atom. The van der Waals surface area contributed by atoms with Gasteiger partial charge in [0.15, 0.2) is 11.7 Å². The van der Waals surface area contributed by atoms with Gasteiger partial charge in [-0.1, -0.05) is 19.0 Å². The van der Waals surface area contributed by atoms with Crippen LogP contribution in [0.3, 0.4) is 0 Å². The molecule has 1 aromatic heterocycles. The third-order valence-electron chi connectivity index (χ3n) is 4.82. The Labute approximate surface area is 191 Å². The lowest BCUT2D eigenvalue weighted by atomic mass is 9.99. The summed E-state index contributed by atoms with van der Waals surface area (Å²) in [4.78, 5) is 18.4. The van der Waals surface area contributed by atoms with Gasteiger partial charge in [0.05, 0.1) is 18.3 Å². The predicted octanol–water partition coefficient (Wildman–Crippen LogP) is 3.87. The SMILES string of the molecule is CCC(CC)c1cc(CNC(=NC)N2CCC(NC(=O)OC(C)(C)C)C2)on1.I. The van der Waals surface area contributed by atoms with Crippen molar-refractivity contribution in [3.63, 3.8) is 0 Å². The highest BCUT2D eigenvalue weighted by Crippen LogP contribution is 2.22. The molecule has 9 heteroatoms. The minimum Gasteiger partial charge on any atom is -0.444 e. The molecule has 2 N–H and O–H groups in total. The fourth-order valence-corrected chi connectivity index (χ4v) is 3.35. The van der Waals surface area contributed by atoms with Crippen molar-refractivity contribution in [1.82, 2.24) is 20.7 Å². The molecule has 2 rings (SSSR count). The maximum absolute atomic E-state index is 12.0. The quantitative estimate of drug-likeness (QED) is 0.336. The second kappa shape index (κ2) is 11.6. The maximum Gasteiger partial charge on any atom is 0.407 e. The van der Waals surface area contributed by atoms with Crippen molar-refractivity contribution < 1.29 is 14.1 Å². The van der Waals surface area contributed by atoms with Gasteiger partial charge in [0.25, 0.3) is 0 Å². The van der Waals surface area contributed by atoms with Crippen LogP contribution in [-0.4, -0.2) is 53.9 Å². The average Bonchev–Trinajstić information content (AvgIpc) is 3.25. The summed E-state index contributed by atoms with van der Waals surface area (Å²) >= 11 is 0. The molecule has 1 fully saturated rings. The van der Waals surface area contributed by atoms with Gasteiger partial charge in [0.1, 0.15) is 5.60 Å². The first-order valence-electron chi connectivity index (χ1n) is 10.2. The maximum atomic E-state index is 12.0. The molecule has 1 atom stereocenters. The zero-order valence-electron chi connectivity index (χ0n) is 18.4. The highest BCUT2D eigenvalue weighted by Gasteiger charge is 2.28. The van der Waals surface area contributed by atoms with Crippen LogP contribution in [-0.2, 0) is 11.3 Å². The number of halogens is 1. The predicted molar refractivity (Wildman–Crippen MR) is 125 cm³/mol. The number of rotatable bonds is 6. The van der Waals surface area contributed by atoms with Crippen LogP contribution in [0.25, 0.3) is 0 Å². The fraction of sp³-hybridized carbons (Fsp3) is 0.750. The van der Waals surface area contributed by atoms with Crippen molar-refractivity contribution in [1.29, 1.82) is 0 Å². The van der Waals surface area contributed by atoms with Gasteiger partial charge < -0.3 is 24.8 Å². The molecule has 0 bridgehead atoms. The Bertz CT molecular complexity index is 667. The van der Waals surface area contributed by atoms with Crippen LogP contribution >= 0.6 is 24.0 Å². The van der Waals surface area contributed by atoms with Crippen LogP contribution < -0.4 is 10.6 Å². The van der Waals surface area contributed by atoms with Gasteiger partial charge in [-0.05, 0) is 40.0 Å². The van der Waals surface area contributed by atoms with Crippen LogP contribution in [0.15, 0.2) is 15.6 Å². The second-order valence-electron chi connectivity index (χ2n) is 8.21. The van der Waals surface area contributed by atoms with Gasteiger partial charge in [-0.2, -0.15) is 0 Å². The van der Waals surface area contributed by atoms with E-state index < -0.39 is 5.60 Å². The number of guanidine groups is 1. The van der Waals surface area contributed by atoms with E-state index in [1.807, 2.05) is 26.8 Å². The molecule has 1 unspecified atom stereocenters. The lowest BCUT2D eigenvalue weighted by molar-refractivity contribution is 0.0507. The number of hydrogen-bond acceptors (Lipinski definition) is 5. The number of nitrogens with one attached hydrogen (secondary N) is 2. The number of alkyl carbamates (subject to hydrolysis) is 1. The standard InChI is InChI=1S/C20H35N5O3.HI/c1-7-14(8-2)17-11-16(28-24-17)12-22-18(21-6)25-10-9-15(13-25)23-19(26)27-20(3,4)5;/h11,14-15H,7-10,12-13H2,1-6H3,(H,21,22)(H,23,26);1H. The Morgan fingerprint density at radius 2 is 2.10 bits per heavy atom. The Morgan fingerprint density at radius 1 is 1.41 bits per heavy atom. The number of amides is 1. The minimum atomic E-state index is -0.496. The van der Waals surface area contributed by atoms with E-state index in [1.165, 1.54) is 0 Å². The number of aromatic nitrogens is 1. The van der Waals surface area contributed by atoms with Crippen molar-refractivity contribution in [2.75, 3.05) is 20.1 Å². The Kier molecular flexibility index (Phi) is 10.2. The van der Waals surface area contributed by atoms with E-state index in [9.17, 15) is 4.79 Å². The number of likely N-dealkylation sites (tertiary alicyclic amines) is 1. The summed E-state index contributed by atoms with van der Waals surface area (Å²) in [6, 6.07) is 2.06. The van der Waals surface area contributed by atoms with Crippen LogP contribution in [0.4, 0.5) is 4.79 Å². The van der Waals surface area contributed by atoms with E-state index in [4.69, 9.17) is 9.26 Å². The van der Waals surface area contributed by atoms with Gasteiger partial charge in [0, 0.05) is 32.1 Å². The molecule has 1 amide bonds. The lowest BCUT2D eigenvalue weighted by Gasteiger charge is -2.23. The third kappa shape index (κ3) is 8.02. The first kappa shape index (κ1) is 25.5. The zero-order valence-corrected chi connectivity index (χ0v) is 20.8. The number of ether oxygens (including phenoxy) is 1. The van der Waals surface area contributed by atoms with E-state index in [0.29, 0.717) is 19.0 Å². The first-order chi connectivity index (χ1) is 13.3. The number of carbonyl (C=O) groups excluding carboxylic acids is 1. The van der Waals surface area contributed by atoms with Crippen molar-refractivity contribution >= 4 is 36.0 Å². The van der Waals surface area contributed by atoms with Gasteiger partial charge in [-0.25, -0.2) is 4.79 Å². The highest BCUT2D eigenvalue weighted by atomic mass is 127. The van der Waals surface area contributed by atoms with Gasteiger partial charge in [-0.3, -0.25) is 4.99 Å². The summed E-state index contributed by atoms with van der Waals surface area (Å²) in [6.45, 7) is 11.9. The molecule has 1 aliphatic heterocycles. The third-order valence-corrected chi connectivity index (χ3v) is 4.82. The molecule has 166 valence electrons. The molecule has 0 radical (unpaired) electrons. The Hall–Kier alpha value is -1.52. The van der Waals surface area contributed by atoms with Crippen LogP contribution in [0.2, 0.25) is 0 Å². The number of hydrogen-bond donors (Lipinski definition) is 2. The van der Waals surface area contributed by atoms with Crippen molar-refractivity contribution in [2.45, 2.75) is 78.0 Å². The van der Waals surface area contributed by atoms with E-state index in [1.54, 1.807) is 7.05 Å². The molecule has 2 heterocycles. The molecule has 0 aromatic carbocycles. The molecular weight excluding hydrogens is 485 g/mol. The number of nitrogens with zero attached hydrogens (tertiary/aromatic N) is 3. The topological polar surface area (TPSA) is 92.0 Å². The molecular formula is C20H36IN5O3. The zero-order chi connectivity index (χ0) is 20.7. The van der Waals surface area contributed by atoms with Crippen LogP contribution in [0.1, 0.15) is 71.3 Å². The molecule has 29 heavy (non-hydrogen) atoms. The van der Waals surface area contributed by atoms with Gasteiger partial charge in [0.2, 0.25) is 0 Å². The van der Waals surface area contributed by atoms with E-state index >= 15 is 0 Å². The molecule has 0 saturated carbocycles. The summed E-state index contributed by atoms with van der Waals surface area (Å²) in [5.74, 6) is 2.02. The highest BCUT2D eigenvalue weighted by molar-refractivity contribution is 14.0. The van der Waals surface area contributed by atoms with Crippen molar-refractivity contribution in [2.24, 2.45) is 4.99 Å². The molecule has 1 aliphatic rings. The van der Waals surface area contributed by atoms with Crippen molar-refractivity contribution in [3.05, 3.63) is 17.5 Å². The summed E-state index contributed by atoms with van der Waals surface area (Å²) in [5.41, 5.74) is 0.518. The number of carbonyl (C=O) groups is 1. The molecule has 1 saturated heterocycles. The normalized spacial score (nSPS) is 17.3. The molecule has 8 nitrogen and oxygen atoms in total. The van der Waals surface area contributed by atoms with Gasteiger partial charge in [-0.15, -0.1) is 24.0 Å². The van der Waals surface area contributed by atoms with E-state index in [-0.39, 0.29) is 36.1 Å². The minimum absolute atomic E-state index is 0. The average molecular weight is 521 g/mol. The first-order valence-corrected chi connectivity index (χ1v) is 10.2. The fourth-order valence-electron chi connectivity index (χ4n) is 3.35.